The maximum absolute atomic E-state index is 5.26. The van der Waals surface area contributed by atoms with Crippen LogP contribution in [-0.4, -0.2) is 7.11 Å². The van der Waals surface area contributed by atoms with E-state index in [1.54, 1.807) is 18.4 Å². The summed E-state index contributed by atoms with van der Waals surface area (Å²) in [4.78, 5) is 1.32. The number of hydrogen-bond donors (Lipinski definition) is 1. The Hall–Kier alpha value is -1.00. The van der Waals surface area contributed by atoms with Gasteiger partial charge in [-0.05, 0) is 65.7 Å². The molecule has 0 aliphatic carbocycles. The number of benzene rings is 1. The van der Waals surface area contributed by atoms with Crippen LogP contribution in [0.4, 0.5) is 5.69 Å². The maximum atomic E-state index is 5.26. The fourth-order valence-electron chi connectivity index (χ4n) is 1.85. The van der Waals surface area contributed by atoms with Gasteiger partial charge >= 0.3 is 0 Å². The van der Waals surface area contributed by atoms with E-state index in [-0.39, 0.29) is 0 Å². The lowest BCUT2D eigenvalue weighted by Crippen LogP contribution is -2.05. The maximum Gasteiger partial charge on any atom is 0.121 e. The van der Waals surface area contributed by atoms with E-state index in [2.05, 4.69) is 53.3 Å². The molecule has 0 saturated carbocycles. The second-order valence-electron chi connectivity index (χ2n) is 4.19. The molecule has 1 aromatic carbocycles. The van der Waals surface area contributed by atoms with Crippen LogP contribution < -0.4 is 10.1 Å². The van der Waals surface area contributed by atoms with E-state index in [1.165, 1.54) is 4.88 Å². The van der Waals surface area contributed by atoms with E-state index in [4.69, 9.17) is 4.74 Å². The van der Waals surface area contributed by atoms with Crippen molar-refractivity contribution >= 4 is 33.0 Å². The molecular weight excluding hydrogens is 310 g/mol. The normalized spacial score (nSPS) is 12.2. The molecule has 0 aliphatic rings. The number of halogens is 1. The Bertz CT molecular complexity index is 538. The number of methoxy groups -OCH3 is 1. The summed E-state index contributed by atoms with van der Waals surface area (Å²) >= 11 is 5.25. The first kappa shape index (κ1) is 13.4. The van der Waals surface area contributed by atoms with Crippen molar-refractivity contribution in [2.45, 2.75) is 19.9 Å². The molecule has 1 N–H and O–H groups in total. The number of ether oxygens (including phenoxy) is 1. The second kappa shape index (κ2) is 5.76. The van der Waals surface area contributed by atoms with Crippen LogP contribution in [0.3, 0.4) is 0 Å². The first-order chi connectivity index (χ1) is 8.60. The standard InChI is InChI=1S/C14H16BrNOS/c1-9-8-11(4-5-12(9)17-3)16-10(2)13-6-7-14(15)18-13/h4-8,10,16H,1-3H3. The number of anilines is 1. The van der Waals surface area contributed by atoms with E-state index in [1.807, 2.05) is 12.1 Å². The summed E-state index contributed by atoms with van der Waals surface area (Å²) in [5.41, 5.74) is 2.26. The van der Waals surface area contributed by atoms with Crippen molar-refractivity contribution in [1.82, 2.24) is 0 Å². The van der Waals surface area contributed by atoms with Crippen molar-refractivity contribution < 1.29 is 4.74 Å². The minimum atomic E-state index is 0.300. The number of nitrogens with one attached hydrogen (secondary N) is 1. The van der Waals surface area contributed by atoms with E-state index < -0.39 is 0 Å². The first-order valence-corrected chi connectivity index (χ1v) is 7.37. The van der Waals surface area contributed by atoms with Crippen LogP contribution in [0.15, 0.2) is 34.1 Å². The molecule has 96 valence electrons. The summed E-state index contributed by atoms with van der Waals surface area (Å²) in [5, 5.41) is 3.50. The fraction of sp³-hybridized carbons (Fsp3) is 0.286. The van der Waals surface area contributed by atoms with Crippen molar-refractivity contribution in [3.63, 3.8) is 0 Å². The van der Waals surface area contributed by atoms with Gasteiger partial charge < -0.3 is 10.1 Å². The molecule has 0 saturated heterocycles. The molecule has 0 amide bonds. The smallest absolute Gasteiger partial charge is 0.121 e. The van der Waals surface area contributed by atoms with Gasteiger partial charge in [-0.3, -0.25) is 0 Å². The quantitative estimate of drug-likeness (QED) is 0.853. The topological polar surface area (TPSA) is 21.3 Å². The van der Waals surface area contributed by atoms with E-state index in [0.29, 0.717) is 6.04 Å². The molecule has 0 spiro atoms. The second-order valence-corrected chi connectivity index (χ2v) is 6.69. The van der Waals surface area contributed by atoms with Gasteiger partial charge in [-0.15, -0.1) is 11.3 Å². The highest BCUT2D eigenvalue weighted by Gasteiger charge is 2.08. The van der Waals surface area contributed by atoms with Crippen LogP contribution in [0, 0.1) is 6.92 Å². The summed E-state index contributed by atoms with van der Waals surface area (Å²) < 4.78 is 6.42. The number of rotatable bonds is 4. The molecule has 2 nitrogen and oxygen atoms in total. The molecule has 1 unspecified atom stereocenters. The fourth-order valence-corrected chi connectivity index (χ4v) is 3.28. The molecular formula is C14H16BrNOS. The average Bonchev–Trinajstić information content (AvgIpc) is 2.76. The predicted molar refractivity (Wildman–Crippen MR) is 81.8 cm³/mol. The Balaban J connectivity index is 2.12. The number of hydrogen-bond acceptors (Lipinski definition) is 3. The molecule has 1 aromatic heterocycles. The van der Waals surface area contributed by atoms with Gasteiger partial charge in [0.25, 0.3) is 0 Å². The summed E-state index contributed by atoms with van der Waals surface area (Å²) in [6.07, 6.45) is 0. The van der Waals surface area contributed by atoms with Crippen molar-refractivity contribution in [1.29, 1.82) is 0 Å². The Labute approximate surface area is 120 Å². The minimum Gasteiger partial charge on any atom is -0.496 e. The third-order valence-electron chi connectivity index (χ3n) is 2.80. The predicted octanol–water partition coefficient (Wildman–Crippen LogP) is 5.00. The van der Waals surface area contributed by atoms with Gasteiger partial charge in [0, 0.05) is 10.6 Å². The van der Waals surface area contributed by atoms with Gasteiger partial charge in [0.05, 0.1) is 16.9 Å². The van der Waals surface area contributed by atoms with Crippen LogP contribution in [-0.2, 0) is 0 Å². The summed E-state index contributed by atoms with van der Waals surface area (Å²) in [6.45, 7) is 4.22. The van der Waals surface area contributed by atoms with Gasteiger partial charge in [-0.2, -0.15) is 0 Å². The molecule has 4 heteroatoms. The summed E-state index contributed by atoms with van der Waals surface area (Å²) in [6, 6.07) is 10.7. The van der Waals surface area contributed by atoms with E-state index >= 15 is 0 Å². The molecule has 1 atom stereocenters. The zero-order valence-electron chi connectivity index (χ0n) is 10.7. The number of thiophene rings is 1. The number of aryl methyl sites for hydroxylation is 1. The van der Waals surface area contributed by atoms with Crippen LogP contribution in [0.5, 0.6) is 5.75 Å². The van der Waals surface area contributed by atoms with Crippen molar-refractivity contribution in [2.24, 2.45) is 0 Å². The Morgan fingerprint density at radius 3 is 2.61 bits per heavy atom. The molecule has 0 radical (unpaired) electrons. The largest absolute Gasteiger partial charge is 0.496 e. The lowest BCUT2D eigenvalue weighted by molar-refractivity contribution is 0.412. The van der Waals surface area contributed by atoms with Gasteiger partial charge in [0.15, 0.2) is 0 Å². The Morgan fingerprint density at radius 2 is 2.06 bits per heavy atom. The van der Waals surface area contributed by atoms with Crippen LogP contribution in [0.25, 0.3) is 0 Å². The first-order valence-electron chi connectivity index (χ1n) is 5.76. The zero-order valence-corrected chi connectivity index (χ0v) is 13.1. The van der Waals surface area contributed by atoms with Crippen molar-refractivity contribution in [3.8, 4) is 5.75 Å². The average molecular weight is 326 g/mol. The van der Waals surface area contributed by atoms with Crippen LogP contribution in [0.2, 0.25) is 0 Å². The SMILES string of the molecule is COc1ccc(NC(C)c2ccc(Br)s2)cc1C. The lowest BCUT2D eigenvalue weighted by Gasteiger charge is -2.15. The molecule has 1 heterocycles. The van der Waals surface area contributed by atoms with Crippen molar-refractivity contribution in [3.05, 3.63) is 44.6 Å². The van der Waals surface area contributed by atoms with Gasteiger partial charge in [0.2, 0.25) is 0 Å². The highest BCUT2D eigenvalue weighted by atomic mass is 79.9. The monoisotopic (exact) mass is 325 g/mol. The highest BCUT2D eigenvalue weighted by Crippen LogP contribution is 2.30. The summed E-state index contributed by atoms with van der Waals surface area (Å²) in [5.74, 6) is 0.923. The summed E-state index contributed by atoms with van der Waals surface area (Å²) in [7, 11) is 1.70. The van der Waals surface area contributed by atoms with Crippen LogP contribution in [0.1, 0.15) is 23.4 Å². The third kappa shape index (κ3) is 3.06. The van der Waals surface area contributed by atoms with E-state index in [9.17, 15) is 0 Å². The van der Waals surface area contributed by atoms with E-state index in [0.717, 1.165) is 20.8 Å². The Morgan fingerprint density at radius 1 is 1.28 bits per heavy atom. The molecule has 0 bridgehead atoms. The lowest BCUT2D eigenvalue weighted by atomic mass is 10.2. The molecule has 0 fully saturated rings. The van der Waals surface area contributed by atoms with Gasteiger partial charge in [0.1, 0.15) is 5.75 Å². The zero-order chi connectivity index (χ0) is 13.1. The molecule has 18 heavy (non-hydrogen) atoms. The highest BCUT2D eigenvalue weighted by molar-refractivity contribution is 9.11. The van der Waals surface area contributed by atoms with Gasteiger partial charge in [-0.25, -0.2) is 0 Å². The van der Waals surface area contributed by atoms with Crippen LogP contribution >= 0.6 is 27.3 Å². The minimum absolute atomic E-state index is 0.300. The Kier molecular flexibility index (Phi) is 4.30. The molecule has 2 aromatic rings. The third-order valence-corrected chi connectivity index (χ3v) is 4.61. The van der Waals surface area contributed by atoms with Gasteiger partial charge in [-0.1, -0.05) is 0 Å². The van der Waals surface area contributed by atoms with Crippen molar-refractivity contribution in [2.75, 3.05) is 12.4 Å². The molecule has 2 rings (SSSR count). The molecule has 0 aliphatic heterocycles.